The van der Waals surface area contributed by atoms with Crippen molar-refractivity contribution >= 4 is 10.6 Å². The highest BCUT2D eigenvalue weighted by molar-refractivity contribution is 7.59. The minimum atomic E-state index is -3.11. The third kappa shape index (κ3) is 10.9. The first-order valence-electron chi connectivity index (χ1n) is 2.08. The lowest BCUT2D eigenvalue weighted by Crippen LogP contribution is -1.40. The highest BCUT2D eigenvalue weighted by atomic mass is 32.2. The molecule has 0 atom stereocenters. The molecule has 0 aliphatic rings. The van der Waals surface area contributed by atoms with Crippen molar-refractivity contribution in [3.63, 3.8) is 0 Å². The lowest BCUT2D eigenvalue weighted by atomic mass is 10.7. The zero-order valence-corrected chi connectivity index (χ0v) is 5.26. The minimum absolute atomic E-state index is 1.88. The van der Waals surface area contributed by atoms with Gasteiger partial charge < -0.3 is 4.98 Å². The molecule has 9 heavy (non-hydrogen) atoms. The molecule has 0 fully saturated rings. The van der Waals surface area contributed by atoms with Gasteiger partial charge in [0.1, 0.15) is 0 Å². The standard InChI is InChI=1S/C4H5N.O3S/c1-2-4-5-3-1;1-4(2)3/h1-5H;. The summed E-state index contributed by atoms with van der Waals surface area (Å²) < 4.78 is 25.3. The first-order valence-corrected chi connectivity index (χ1v) is 3.08. The van der Waals surface area contributed by atoms with Gasteiger partial charge in [0, 0.05) is 12.4 Å². The number of rotatable bonds is 0. The summed E-state index contributed by atoms with van der Waals surface area (Å²) in [7, 11) is -3.11. The number of hydrogen-bond donors (Lipinski definition) is 1. The minimum Gasteiger partial charge on any atom is -0.368 e. The van der Waals surface area contributed by atoms with Crippen LogP contribution in [-0.4, -0.2) is 17.6 Å². The van der Waals surface area contributed by atoms with E-state index in [-0.39, 0.29) is 0 Å². The van der Waals surface area contributed by atoms with E-state index in [0.717, 1.165) is 0 Å². The highest BCUT2D eigenvalue weighted by Crippen LogP contribution is 1.72. The molecule has 0 spiro atoms. The summed E-state index contributed by atoms with van der Waals surface area (Å²) >= 11 is 0. The second-order valence-electron chi connectivity index (χ2n) is 1.09. The molecule has 0 aliphatic heterocycles. The molecule has 0 saturated carbocycles. The molecule has 0 unspecified atom stereocenters. The largest absolute Gasteiger partial charge is 0.425 e. The summed E-state index contributed by atoms with van der Waals surface area (Å²) in [6.45, 7) is 0. The van der Waals surface area contributed by atoms with E-state index >= 15 is 0 Å². The van der Waals surface area contributed by atoms with Gasteiger partial charge in [0.15, 0.2) is 0 Å². The molecule has 0 bridgehead atoms. The SMILES string of the molecule is O=S(=O)=O.c1cc[nH]c1. The van der Waals surface area contributed by atoms with Crippen LogP contribution in [0.3, 0.4) is 0 Å². The molecule has 4 nitrogen and oxygen atoms in total. The van der Waals surface area contributed by atoms with Crippen molar-refractivity contribution in [1.29, 1.82) is 0 Å². The second kappa shape index (κ2) is 5.04. The van der Waals surface area contributed by atoms with Gasteiger partial charge in [-0.25, -0.2) is 0 Å². The van der Waals surface area contributed by atoms with Crippen LogP contribution in [0.4, 0.5) is 0 Å². The van der Waals surface area contributed by atoms with Crippen LogP contribution in [0, 0.1) is 0 Å². The van der Waals surface area contributed by atoms with Gasteiger partial charge in [0.05, 0.1) is 0 Å². The van der Waals surface area contributed by atoms with Gasteiger partial charge in [-0.15, -0.1) is 12.6 Å². The molecular formula is C4H5NO3S. The van der Waals surface area contributed by atoms with Crippen LogP contribution in [0.15, 0.2) is 24.5 Å². The van der Waals surface area contributed by atoms with Crippen molar-refractivity contribution in [2.24, 2.45) is 0 Å². The average molecular weight is 147 g/mol. The second-order valence-corrected chi connectivity index (χ2v) is 1.50. The van der Waals surface area contributed by atoms with Crippen LogP contribution in [0.2, 0.25) is 0 Å². The molecule has 1 heterocycles. The maximum absolute atomic E-state index is 8.44. The number of H-pyrrole nitrogens is 1. The van der Waals surface area contributed by atoms with Crippen LogP contribution in [-0.2, 0) is 10.6 Å². The molecule has 5 heteroatoms. The molecule has 0 aliphatic carbocycles. The van der Waals surface area contributed by atoms with E-state index in [9.17, 15) is 0 Å². The van der Waals surface area contributed by atoms with E-state index < -0.39 is 10.6 Å². The lowest BCUT2D eigenvalue weighted by Gasteiger charge is -1.49. The van der Waals surface area contributed by atoms with E-state index in [1.807, 2.05) is 24.5 Å². The quantitative estimate of drug-likeness (QED) is 0.562. The molecule has 1 N–H and O–H groups in total. The molecule has 0 saturated heterocycles. The third-order valence-corrected chi connectivity index (χ3v) is 0.496. The van der Waals surface area contributed by atoms with Crippen LogP contribution in [0.25, 0.3) is 0 Å². The van der Waals surface area contributed by atoms with Crippen molar-refractivity contribution in [2.45, 2.75) is 0 Å². The van der Waals surface area contributed by atoms with Crippen LogP contribution in [0.1, 0.15) is 0 Å². The first-order chi connectivity index (χ1) is 4.23. The van der Waals surface area contributed by atoms with Crippen molar-refractivity contribution < 1.29 is 12.6 Å². The Labute approximate surface area is 53.6 Å². The topological polar surface area (TPSA) is 67.0 Å². The van der Waals surface area contributed by atoms with Crippen molar-refractivity contribution in [3.8, 4) is 0 Å². The summed E-state index contributed by atoms with van der Waals surface area (Å²) in [5.41, 5.74) is 0. The predicted molar refractivity (Wildman–Crippen MR) is 30.5 cm³/mol. The molecule has 0 amide bonds. The van der Waals surface area contributed by atoms with Crippen molar-refractivity contribution in [2.75, 3.05) is 0 Å². The number of aromatic amines is 1. The van der Waals surface area contributed by atoms with Crippen molar-refractivity contribution in [1.82, 2.24) is 4.98 Å². The summed E-state index contributed by atoms with van der Waals surface area (Å²) in [6.07, 6.45) is 3.75. The number of nitrogens with one attached hydrogen (secondary N) is 1. The van der Waals surface area contributed by atoms with E-state index in [2.05, 4.69) is 4.98 Å². The molecule has 1 aromatic rings. The van der Waals surface area contributed by atoms with Gasteiger partial charge >= 0.3 is 10.6 Å². The fraction of sp³-hybridized carbons (Fsp3) is 0. The average Bonchev–Trinajstić information content (AvgIpc) is 2.11. The lowest BCUT2D eigenvalue weighted by molar-refractivity contribution is 0.559. The van der Waals surface area contributed by atoms with Gasteiger partial charge in [0.25, 0.3) is 0 Å². The smallest absolute Gasteiger partial charge is 0.368 e. The zero-order valence-electron chi connectivity index (χ0n) is 4.44. The Morgan fingerprint density at radius 1 is 1.00 bits per heavy atom. The van der Waals surface area contributed by atoms with Crippen molar-refractivity contribution in [3.05, 3.63) is 24.5 Å². The third-order valence-electron chi connectivity index (χ3n) is 0.496. The van der Waals surface area contributed by atoms with Gasteiger partial charge in [-0.2, -0.15) is 0 Å². The van der Waals surface area contributed by atoms with Crippen LogP contribution >= 0.6 is 0 Å². The Bertz CT molecular complexity index is 198. The van der Waals surface area contributed by atoms with Gasteiger partial charge in [-0.3, -0.25) is 0 Å². The Morgan fingerprint density at radius 2 is 1.33 bits per heavy atom. The summed E-state index contributed by atoms with van der Waals surface area (Å²) in [5.74, 6) is 0. The molecule has 0 radical (unpaired) electrons. The van der Waals surface area contributed by atoms with E-state index in [1.54, 1.807) is 0 Å². The van der Waals surface area contributed by atoms with Crippen LogP contribution < -0.4 is 0 Å². The molecule has 50 valence electrons. The summed E-state index contributed by atoms with van der Waals surface area (Å²) in [4.78, 5) is 2.86. The van der Waals surface area contributed by atoms with E-state index in [4.69, 9.17) is 12.6 Å². The molecular weight excluding hydrogens is 142 g/mol. The van der Waals surface area contributed by atoms with Gasteiger partial charge in [-0.05, 0) is 12.1 Å². The predicted octanol–water partition coefficient (Wildman–Crippen LogP) is 0.0106. The zero-order chi connectivity index (χ0) is 7.11. The monoisotopic (exact) mass is 147 g/mol. The molecule has 1 rings (SSSR count). The molecule has 0 aromatic carbocycles. The Kier molecular flexibility index (Phi) is 4.43. The molecule has 1 aromatic heterocycles. The number of hydrogen-bond acceptors (Lipinski definition) is 3. The maximum atomic E-state index is 8.44. The normalized spacial score (nSPS) is 7.11. The Hall–Kier alpha value is -1.10. The Morgan fingerprint density at radius 3 is 1.44 bits per heavy atom. The summed E-state index contributed by atoms with van der Waals surface area (Å²) in [6, 6.07) is 3.89. The van der Waals surface area contributed by atoms with Gasteiger partial charge in [0.2, 0.25) is 0 Å². The van der Waals surface area contributed by atoms with E-state index in [1.165, 1.54) is 0 Å². The summed E-state index contributed by atoms with van der Waals surface area (Å²) in [5, 5.41) is 0. The maximum Gasteiger partial charge on any atom is 0.425 e. The highest BCUT2D eigenvalue weighted by Gasteiger charge is 1.55. The fourth-order valence-electron chi connectivity index (χ4n) is 0.278. The van der Waals surface area contributed by atoms with Crippen LogP contribution in [0.5, 0.6) is 0 Å². The fourth-order valence-corrected chi connectivity index (χ4v) is 0.278. The van der Waals surface area contributed by atoms with E-state index in [0.29, 0.717) is 0 Å². The Balaban J connectivity index is 0.000000148. The first kappa shape index (κ1) is 7.90. The number of aromatic nitrogens is 1. The van der Waals surface area contributed by atoms with Gasteiger partial charge in [-0.1, -0.05) is 0 Å².